The molecule has 3 aliphatic rings. The van der Waals surface area contributed by atoms with Gasteiger partial charge in [-0.25, -0.2) is 0 Å². The number of nitrogens with zero attached hydrogens (tertiary/aromatic N) is 2. The van der Waals surface area contributed by atoms with Gasteiger partial charge in [0.25, 0.3) is 0 Å². The van der Waals surface area contributed by atoms with E-state index in [-0.39, 0.29) is 0 Å². The summed E-state index contributed by atoms with van der Waals surface area (Å²) in [6.45, 7) is 16.0. The first-order chi connectivity index (χ1) is 9.00. The van der Waals surface area contributed by atoms with Gasteiger partial charge in [0.1, 0.15) is 0 Å². The standard InChI is InChI=1S/C16H31N3/c1-12(2)18-7-5-14(6-8-18)19-11-13-9-17-10-15(13)16(19,3)4/h12-15,17H,5-11H2,1-4H3. The van der Waals surface area contributed by atoms with E-state index in [1.54, 1.807) is 0 Å². The summed E-state index contributed by atoms with van der Waals surface area (Å²) in [4.78, 5) is 5.50. The van der Waals surface area contributed by atoms with Crippen LogP contribution >= 0.6 is 0 Å². The lowest BCUT2D eigenvalue weighted by Crippen LogP contribution is -2.53. The molecule has 2 atom stereocenters. The molecule has 3 fully saturated rings. The minimum atomic E-state index is 0.402. The van der Waals surface area contributed by atoms with Gasteiger partial charge in [0.15, 0.2) is 0 Å². The second-order valence-electron chi connectivity index (χ2n) is 7.69. The zero-order valence-electron chi connectivity index (χ0n) is 13.2. The number of piperidine rings is 1. The molecule has 1 N–H and O–H groups in total. The molecule has 3 rings (SSSR count). The Kier molecular flexibility index (Phi) is 3.65. The maximum Gasteiger partial charge on any atom is 0.0200 e. The molecule has 0 radical (unpaired) electrons. The first kappa shape index (κ1) is 13.8. The molecular formula is C16H31N3. The van der Waals surface area contributed by atoms with Gasteiger partial charge in [0.05, 0.1) is 0 Å². The molecule has 110 valence electrons. The fourth-order valence-electron chi connectivity index (χ4n) is 4.79. The molecule has 3 nitrogen and oxygen atoms in total. The summed E-state index contributed by atoms with van der Waals surface area (Å²) in [6, 6.07) is 1.55. The average Bonchev–Trinajstić information content (AvgIpc) is 2.92. The van der Waals surface area contributed by atoms with E-state index in [4.69, 9.17) is 0 Å². The minimum Gasteiger partial charge on any atom is -0.316 e. The van der Waals surface area contributed by atoms with Gasteiger partial charge in [-0.1, -0.05) is 0 Å². The second-order valence-corrected chi connectivity index (χ2v) is 7.69. The number of nitrogens with one attached hydrogen (secondary N) is 1. The van der Waals surface area contributed by atoms with Gasteiger partial charge in [-0.2, -0.15) is 0 Å². The average molecular weight is 265 g/mol. The van der Waals surface area contributed by atoms with E-state index in [9.17, 15) is 0 Å². The van der Waals surface area contributed by atoms with Crippen molar-refractivity contribution in [3.63, 3.8) is 0 Å². The number of hydrogen-bond donors (Lipinski definition) is 1. The van der Waals surface area contributed by atoms with Crippen molar-refractivity contribution in [3.8, 4) is 0 Å². The monoisotopic (exact) mass is 265 g/mol. The van der Waals surface area contributed by atoms with Gasteiger partial charge in [0, 0.05) is 30.7 Å². The molecule has 0 aliphatic carbocycles. The molecule has 0 aromatic carbocycles. The van der Waals surface area contributed by atoms with Gasteiger partial charge < -0.3 is 10.2 Å². The van der Waals surface area contributed by atoms with Crippen molar-refractivity contribution in [2.75, 3.05) is 32.7 Å². The quantitative estimate of drug-likeness (QED) is 0.821. The maximum atomic E-state index is 3.59. The number of rotatable bonds is 2. The van der Waals surface area contributed by atoms with Crippen LogP contribution in [0.1, 0.15) is 40.5 Å². The van der Waals surface area contributed by atoms with Crippen LogP contribution in [0.15, 0.2) is 0 Å². The minimum absolute atomic E-state index is 0.402. The third-order valence-corrected chi connectivity index (χ3v) is 6.09. The van der Waals surface area contributed by atoms with E-state index in [0.717, 1.165) is 23.9 Å². The molecule has 0 aromatic rings. The molecule has 3 heterocycles. The highest BCUT2D eigenvalue weighted by atomic mass is 15.3. The molecule has 2 unspecified atom stereocenters. The zero-order valence-corrected chi connectivity index (χ0v) is 13.2. The van der Waals surface area contributed by atoms with Crippen molar-refractivity contribution in [2.24, 2.45) is 11.8 Å². The number of hydrogen-bond acceptors (Lipinski definition) is 3. The number of likely N-dealkylation sites (tertiary alicyclic amines) is 2. The van der Waals surface area contributed by atoms with Gasteiger partial charge >= 0.3 is 0 Å². The molecule has 3 saturated heterocycles. The lowest BCUT2D eigenvalue weighted by atomic mass is 9.84. The first-order valence-corrected chi connectivity index (χ1v) is 8.21. The van der Waals surface area contributed by atoms with E-state index in [1.165, 1.54) is 45.6 Å². The van der Waals surface area contributed by atoms with E-state index in [2.05, 4.69) is 42.8 Å². The van der Waals surface area contributed by atoms with Crippen LogP contribution < -0.4 is 5.32 Å². The highest BCUT2D eigenvalue weighted by Gasteiger charge is 2.51. The Morgan fingerprint density at radius 3 is 2.37 bits per heavy atom. The molecule has 0 saturated carbocycles. The summed E-state index contributed by atoms with van der Waals surface area (Å²) >= 11 is 0. The summed E-state index contributed by atoms with van der Waals surface area (Å²) < 4.78 is 0. The highest BCUT2D eigenvalue weighted by Crippen LogP contribution is 2.43. The normalized spacial score (nSPS) is 37.1. The molecule has 3 heteroatoms. The number of fused-ring (bicyclic) bond motifs is 1. The van der Waals surface area contributed by atoms with Crippen molar-refractivity contribution in [1.82, 2.24) is 15.1 Å². The lowest BCUT2D eigenvalue weighted by Gasteiger charge is -2.45. The summed E-state index contributed by atoms with van der Waals surface area (Å²) in [5.41, 5.74) is 0.402. The molecule has 0 spiro atoms. The molecular weight excluding hydrogens is 234 g/mol. The largest absolute Gasteiger partial charge is 0.316 e. The van der Waals surface area contributed by atoms with Crippen molar-refractivity contribution in [3.05, 3.63) is 0 Å². The Bertz CT molecular complexity index is 318. The third-order valence-electron chi connectivity index (χ3n) is 6.09. The van der Waals surface area contributed by atoms with Crippen molar-refractivity contribution in [1.29, 1.82) is 0 Å². The maximum absolute atomic E-state index is 3.59. The Hall–Kier alpha value is -0.120. The Balaban J connectivity index is 1.64. The van der Waals surface area contributed by atoms with Gasteiger partial charge in [-0.15, -0.1) is 0 Å². The summed E-state index contributed by atoms with van der Waals surface area (Å²) in [5, 5.41) is 3.59. The van der Waals surface area contributed by atoms with Crippen molar-refractivity contribution < 1.29 is 0 Å². The third kappa shape index (κ3) is 2.34. The van der Waals surface area contributed by atoms with Crippen LogP contribution in [-0.4, -0.2) is 60.1 Å². The van der Waals surface area contributed by atoms with Gasteiger partial charge in [-0.05, 0) is 72.0 Å². The van der Waals surface area contributed by atoms with Crippen LogP contribution in [0.5, 0.6) is 0 Å². The predicted octanol–water partition coefficient (Wildman–Crippen LogP) is 1.79. The summed E-state index contributed by atoms with van der Waals surface area (Å²) in [6.07, 6.45) is 2.74. The topological polar surface area (TPSA) is 18.5 Å². The Labute approximate surface area is 118 Å². The van der Waals surface area contributed by atoms with E-state index >= 15 is 0 Å². The van der Waals surface area contributed by atoms with Crippen LogP contribution in [0.25, 0.3) is 0 Å². The predicted molar refractivity (Wildman–Crippen MR) is 80.4 cm³/mol. The molecule has 19 heavy (non-hydrogen) atoms. The van der Waals surface area contributed by atoms with Crippen molar-refractivity contribution in [2.45, 2.75) is 58.2 Å². The van der Waals surface area contributed by atoms with Crippen LogP contribution in [0, 0.1) is 11.8 Å². The van der Waals surface area contributed by atoms with Crippen molar-refractivity contribution >= 4 is 0 Å². The molecule has 0 amide bonds. The summed E-state index contributed by atoms with van der Waals surface area (Å²) in [5.74, 6) is 1.77. The van der Waals surface area contributed by atoms with Crippen LogP contribution in [-0.2, 0) is 0 Å². The zero-order chi connectivity index (χ0) is 13.6. The lowest BCUT2D eigenvalue weighted by molar-refractivity contribution is 0.0397. The Morgan fingerprint density at radius 1 is 1.11 bits per heavy atom. The fourth-order valence-corrected chi connectivity index (χ4v) is 4.79. The first-order valence-electron chi connectivity index (χ1n) is 8.21. The molecule has 3 aliphatic heterocycles. The van der Waals surface area contributed by atoms with Crippen LogP contribution in [0.3, 0.4) is 0 Å². The van der Waals surface area contributed by atoms with E-state index < -0.39 is 0 Å². The fraction of sp³-hybridized carbons (Fsp3) is 1.00. The van der Waals surface area contributed by atoms with E-state index in [1.807, 2.05) is 0 Å². The smallest absolute Gasteiger partial charge is 0.0200 e. The highest BCUT2D eigenvalue weighted by molar-refractivity contribution is 5.06. The molecule has 0 aromatic heterocycles. The molecule has 0 bridgehead atoms. The van der Waals surface area contributed by atoms with Crippen LogP contribution in [0.2, 0.25) is 0 Å². The second kappa shape index (κ2) is 5.01. The Morgan fingerprint density at radius 2 is 1.79 bits per heavy atom. The van der Waals surface area contributed by atoms with Crippen LogP contribution in [0.4, 0.5) is 0 Å². The summed E-state index contributed by atoms with van der Waals surface area (Å²) in [7, 11) is 0. The SMILES string of the molecule is CC(C)N1CCC(N2CC3CNCC3C2(C)C)CC1. The van der Waals surface area contributed by atoms with Gasteiger partial charge in [0.2, 0.25) is 0 Å². The van der Waals surface area contributed by atoms with Gasteiger partial charge in [-0.3, -0.25) is 4.90 Å². The van der Waals surface area contributed by atoms with E-state index in [0.29, 0.717) is 5.54 Å².